The van der Waals surface area contributed by atoms with Gasteiger partial charge in [-0.1, -0.05) is 6.42 Å². The third-order valence-corrected chi connectivity index (χ3v) is 4.42. The van der Waals surface area contributed by atoms with Crippen LogP contribution in [0.25, 0.3) is 0 Å². The van der Waals surface area contributed by atoms with E-state index in [9.17, 15) is 8.42 Å². The molecule has 0 radical (unpaired) electrons. The van der Waals surface area contributed by atoms with Gasteiger partial charge in [0.2, 0.25) is 10.0 Å². The molecule has 90 valence electrons. The summed E-state index contributed by atoms with van der Waals surface area (Å²) in [5.41, 5.74) is 5.98. The van der Waals surface area contributed by atoms with E-state index >= 15 is 0 Å². The number of benzene rings is 1. The quantitative estimate of drug-likeness (QED) is 0.782. The standard InChI is InChI=1S/C11H13N3O2S/c12-7-8-6-9(13)4-5-11(8)17(15,16)14-10-2-1-3-10/h4-6,10,14H,1-3,13H2. The molecule has 0 aromatic heterocycles. The smallest absolute Gasteiger partial charge is 0.242 e. The lowest BCUT2D eigenvalue weighted by atomic mass is 9.94. The van der Waals surface area contributed by atoms with Gasteiger partial charge >= 0.3 is 0 Å². The molecule has 0 spiro atoms. The summed E-state index contributed by atoms with van der Waals surface area (Å²) in [5.74, 6) is 0. The van der Waals surface area contributed by atoms with Crippen molar-refractivity contribution in [2.75, 3.05) is 5.73 Å². The van der Waals surface area contributed by atoms with Crippen molar-refractivity contribution < 1.29 is 8.42 Å². The van der Waals surface area contributed by atoms with Crippen molar-refractivity contribution in [3.63, 3.8) is 0 Å². The first-order valence-electron chi connectivity index (χ1n) is 5.35. The lowest BCUT2D eigenvalue weighted by Gasteiger charge is -2.26. The van der Waals surface area contributed by atoms with Crippen LogP contribution >= 0.6 is 0 Å². The van der Waals surface area contributed by atoms with E-state index in [1.807, 2.05) is 6.07 Å². The topological polar surface area (TPSA) is 96.0 Å². The first kappa shape index (κ1) is 11.9. The minimum atomic E-state index is -3.61. The maximum Gasteiger partial charge on any atom is 0.242 e. The Morgan fingerprint density at radius 1 is 1.41 bits per heavy atom. The molecule has 0 bridgehead atoms. The average Bonchev–Trinajstić information content (AvgIpc) is 2.23. The SMILES string of the molecule is N#Cc1cc(N)ccc1S(=O)(=O)NC1CCC1. The van der Waals surface area contributed by atoms with Crippen LogP contribution in [-0.2, 0) is 10.0 Å². The summed E-state index contributed by atoms with van der Waals surface area (Å²) in [4.78, 5) is 0.00102. The molecule has 0 aliphatic heterocycles. The van der Waals surface area contributed by atoms with E-state index in [1.165, 1.54) is 18.2 Å². The zero-order chi connectivity index (χ0) is 12.5. The molecule has 0 unspecified atom stereocenters. The Bertz CT molecular complexity index is 571. The van der Waals surface area contributed by atoms with Crippen LogP contribution in [-0.4, -0.2) is 14.5 Å². The maximum atomic E-state index is 12.0. The third kappa shape index (κ3) is 2.40. The number of anilines is 1. The van der Waals surface area contributed by atoms with E-state index < -0.39 is 10.0 Å². The van der Waals surface area contributed by atoms with Gasteiger partial charge in [0.25, 0.3) is 0 Å². The van der Waals surface area contributed by atoms with Crippen LogP contribution in [0.5, 0.6) is 0 Å². The molecule has 1 aliphatic rings. The molecule has 1 aliphatic carbocycles. The molecule has 2 rings (SSSR count). The minimum Gasteiger partial charge on any atom is -0.399 e. The van der Waals surface area contributed by atoms with Crippen molar-refractivity contribution in [2.24, 2.45) is 0 Å². The molecule has 0 heterocycles. The van der Waals surface area contributed by atoms with Crippen molar-refractivity contribution in [1.29, 1.82) is 5.26 Å². The zero-order valence-corrected chi connectivity index (χ0v) is 10.00. The van der Waals surface area contributed by atoms with Crippen LogP contribution in [0.2, 0.25) is 0 Å². The van der Waals surface area contributed by atoms with E-state index in [0.717, 1.165) is 19.3 Å². The summed E-state index contributed by atoms with van der Waals surface area (Å²) in [7, 11) is -3.61. The van der Waals surface area contributed by atoms with E-state index in [-0.39, 0.29) is 16.5 Å². The molecule has 1 saturated carbocycles. The van der Waals surface area contributed by atoms with Gasteiger partial charge in [-0.05, 0) is 31.0 Å². The van der Waals surface area contributed by atoms with Crippen LogP contribution in [0.4, 0.5) is 5.69 Å². The van der Waals surface area contributed by atoms with Gasteiger partial charge in [0.1, 0.15) is 6.07 Å². The van der Waals surface area contributed by atoms with E-state index in [0.29, 0.717) is 5.69 Å². The van der Waals surface area contributed by atoms with Gasteiger partial charge < -0.3 is 5.73 Å². The predicted molar refractivity (Wildman–Crippen MR) is 63.5 cm³/mol. The number of nitrogens with one attached hydrogen (secondary N) is 1. The van der Waals surface area contributed by atoms with Gasteiger partial charge in [0, 0.05) is 11.7 Å². The summed E-state index contributed by atoms with van der Waals surface area (Å²) in [6.45, 7) is 0. The number of hydrogen-bond donors (Lipinski definition) is 2. The average molecular weight is 251 g/mol. The minimum absolute atomic E-state index is 0.00102. The molecule has 0 amide bonds. The van der Waals surface area contributed by atoms with Crippen LogP contribution in [0.15, 0.2) is 23.1 Å². The molecular formula is C11H13N3O2S. The molecular weight excluding hydrogens is 238 g/mol. The van der Waals surface area contributed by atoms with Crippen molar-refractivity contribution in [3.8, 4) is 6.07 Å². The van der Waals surface area contributed by atoms with Crippen LogP contribution in [0, 0.1) is 11.3 Å². The molecule has 3 N–H and O–H groups in total. The van der Waals surface area contributed by atoms with Crippen LogP contribution < -0.4 is 10.5 Å². The van der Waals surface area contributed by atoms with E-state index in [1.54, 1.807) is 0 Å². The maximum absolute atomic E-state index is 12.0. The molecule has 1 aromatic carbocycles. The van der Waals surface area contributed by atoms with E-state index in [4.69, 9.17) is 11.0 Å². The molecule has 1 fully saturated rings. The molecule has 6 heteroatoms. The van der Waals surface area contributed by atoms with Crippen molar-refractivity contribution >= 4 is 15.7 Å². The second-order valence-corrected chi connectivity index (χ2v) is 5.80. The first-order valence-corrected chi connectivity index (χ1v) is 6.83. The Morgan fingerprint density at radius 2 is 2.12 bits per heavy atom. The van der Waals surface area contributed by atoms with Gasteiger partial charge in [0.05, 0.1) is 10.5 Å². The zero-order valence-electron chi connectivity index (χ0n) is 9.18. The van der Waals surface area contributed by atoms with Gasteiger partial charge in [-0.15, -0.1) is 0 Å². The fourth-order valence-corrected chi connectivity index (χ4v) is 3.12. The monoisotopic (exact) mass is 251 g/mol. The molecule has 0 atom stereocenters. The first-order chi connectivity index (χ1) is 8.03. The highest BCUT2D eigenvalue weighted by atomic mass is 32.2. The highest BCUT2D eigenvalue weighted by Gasteiger charge is 2.26. The fourth-order valence-electron chi connectivity index (χ4n) is 1.68. The summed E-state index contributed by atoms with van der Waals surface area (Å²) in [6, 6.07) is 6.08. The molecule has 0 saturated heterocycles. The van der Waals surface area contributed by atoms with Crippen LogP contribution in [0.3, 0.4) is 0 Å². The number of sulfonamides is 1. The van der Waals surface area contributed by atoms with Crippen LogP contribution in [0.1, 0.15) is 24.8 Å². The summed E-state index contributed by atoms with van der Waals surface area (Å²) >= 11 is 0. The molecule has 1 aromatic rings. The Labute approximate surface area is 100 Å². The normalized spacial score (nSPS) is 16.2. The summed E-state index contributed by atoms with van der Waals surface area (Å²) < 4.78 is 26.6. The lowest BCUT2D eigenvalue weighted by Crippen LogP contribution is -2.39. The Balaban J connectivity index is 2.35. The Hall–Kier alpha value is -1.58. The number of rotatable bonds is 3. The van der Waals surface area contributed by atoms with E-state index in [2.05, 4.69) is 4.72 Å². The number of nitriles is 1. The van der Waals surface area contributed by atoms with Gasteiger partial charge in [0.15, 0.2) is 0 Å². The van der Waals surface area contributed by atoms with Gasteiger partial charge in [-0.2, -0.15) is 5.26 Å². The highest BCUT2D eigenvalue weighted by Crippen LogP contribution is 2.23. The number of hydrogen-bond acceptors (Lipinski definition) is 4. The summed E-state index contributed by atoms with van der Waals surface area (Å²) in [6.07, 6.45) is 2.76. The Kier molecular flexibility index (Phi) is 3.05. The Morgan fingerprint density at radius 3 is 2.65 bits per heavy atom. The molecule has 17 heavy (non-hydrogen) atoms. The molecule has 5 nitrogen and oxygen atoms in total. The van der Waals surface area contributed by atoms with Gasteiger partial charge in [-0.25, -0.2) is 13.1 Å². The van der Waals surface area contributed by atoms with Crippen molar-refractivity contribution in [1.82, 2.24) is 4.72 Å². The van der Waals surface area contributed by atoms with Crippen molar-refractivity contribution in [2.45, 2.75) is 30.2 Å². The third-order valence-electron chi connectivity index (χ3n) is 2.84. The summed E-state index contributed by atoms with van der Waals surface area (Å²) in [5, 5.41) is 8.91. The second kappa shape index (κ2) is 4.35. The number of nitrogen functional groups attached to an aromatic ring is 1. The number of nitrogens with two attached hydrogens (primary N) is 1. The fraction of sp³-hybridized carbons (Fsp3) is 0.364. The largest absolute Gasteiger partial charge is 0.399 e. The van der Waals surface area contributed by atoms with Crippen molar-refractivity contribution in [3.05, 3.63) is 23.8 Å². The lowest BCUT2D eigenvalue weighted by molar-refractivity contribution is 0.383. The highest BCUT2D eigenvalue weighted by molar-refractivity contribution is 7.89. The number of nitrogens with zero attached hydrogens (tertiary/aromatic N) is 1. The predicted octanol–water partition coefficient (Wildman–Crippen LogP) is 0.971. The van der Waals surface area contributed by atoms with Gasteiger partial charge in [-0.3, -0.25) is 0 Å². The second-order valence-electron chi connectivity index (χ2n) is 4.12.